The zero-order valence-corrected chi connectivity index (χ0v) is 24.4. The summed E-state index contributed by atoms with van der Waals surface area (Å²) in [6, 6.07) is 52.4. The largest absolute Gasteiger partial charge is 0.456 e. The molecule has 2 aromatic heterocycles. The second-order valence-corrected chi connectivity index (χ2v) is 12.1. The molecule has 0 aliphatic heterocycles. The van der Waals surface area contributed by atoms with Gasteiger partial charge in [-0.3, -0.25) is 0 Å². The molecule has 9 aromatic rings. The van der Waals surface area contributed by atoms with Gasteiger partial charge in [0.25, 0.3) is 0 Å². The topological polar surface area (TPSA) is 26.3 Å². The number of rotatable bonds is 2. The third-order valence-electron chi connectivity index (χ3n) is 9.53. The molecule has 2 heterocycles. The molecule has 0 atom stereocenters. The molecule has 1 aliphatic rings. The maximum atomic E-state index is 6.11. The summed E-state index contributed by atoms with van der Waals surface area (Å²) in [6.45, 7) is 0. The Kier molecular flexibility index (Phi) is 5.09. The third kappa shape index (κ3) is 3.76. The van der Waals surface area contributed by atoms with Crippen LogP contribution in [0.3, 0.4) is 0 Å². The zero-order chi connectivity index (χ0) is 29.5. The highest BCUT2D eigenvalue weighted by molar-refractivity contribution is 6.07. The van der Waals surface area contributed by atoms with Crippen LogP contribution in [0.5, 0.6) is 0 Å². The van der Waals surface area contributed by atoms with Crippen LogP contribution in [0.15, 0.2) is 154 Å². The van der Waals surface area contributed by atoms with E-state index in [0.717, 1.165) is 50.3 Å². The van der Waals surface area contributed by atoms with Crippen molar-refractivity contribution in [1.82, 2.24) is 0 Å². The molecule has 210 valence electrons. The molecule has 0 amide bonds. The van der Waals surface area contributed by atoms with E-state index >= 15 is 0 Å². The van der Waals surface area contributed by atoms with Crippen LogP contribution >= 0.6 is 0 Å². The Bertz CT molecular complexity index is 2450. The summed E-state index contributed by atoms with van der Waals surface area (Å²) >= 11 is 0. The van der Waals surface area contributed by atoms with E-state index in [4.69, 9.17) is 8.83 Å². The summed E-state index contributed by atoms with van der Waals surface area (Å²) < 4.78 is 12.2. The van der Waals surface area contributed by atoms with Gasteiger partial charge < -0.3 is 8.83 Å². The van der Waals surface area contributed by atoms with Gasteiger partial charge in [-0.2, -0.15) is 0 Å². The molecular formula is C43H26O2. The van der Waals surface area contributed by atoms with Crippen molar-refractivity contribution < 1.29 is 8.83 Å². The molecule has 45 heavy (non-hydrogen) atoms. The van der Waals surface area contributed by atoms with Gasteiger partial charge in [0.1, 0.15) is 22.3 Å². The fourth-order valence-electron chi connectivity index (χ4n) is 7.29. The fourth-order valence-corrected chi connectivity index (χ4v) is 7.29. The number of hydrogen-bond donors (Lipinski definition) is 0. The zero-order valence-electron chi connectivity index (χ0n) is 24.4. The highest BCUT2D eigenvalue weighted by atomic mass is 16.3. The van der Waals surface area contributed by atoms with Gasteiger partial charge in [-0.25, -0.2) is 0 Å². The van der Waals surface area contributed by atoms with E-state index in [0.29, 0.717) is 0 Å². The van der Waals surface area contributed by atoms with Crippen LogP contribution in [0.25, 0.3) is 88.4 Å². The Hall–Kier alpha value is -5.86. The van der Waals surface area contributed by atoms with Crippen molar-refractivity contribution in [3.05, 3.63) is 157 Å². The first kappa shape index (κ1) is 24.6. The van der Waals surface area contributed by atoms with Gasteiger partial charge >= 0.3 is 0 Å². The quantitative estimate of drug-likeness (QED) is 0.205. The van der Waals surface area contributed by atoms with Gasteiger partial charge in [-0.1, -0.05) is 97.1 Å². The summed E-state index contributed by atoms with van der Waals surface area (Å²) in [4.78, 5) is 0. The van der Waals surface area contributed by atoms with Crippen LogP contribution in [0.2, 0.25) is 0 Å². The minimum atomic E-state index is 0.886. The van der Waals surface area contributed by atoms with E-state index in [9.17, 15) is 0 Å². The number of fused-ring (bicyclic) bond motifs is 11. The van der Waals surface area contributed by atoms with Crippen LogP contribution in [0, 0.1) is 0 Å². The molecule has 0 unspecified atom stereocenters. The van der Waals surface area contributed by atoms with E-state index in [1.807, 2.05) is 24.3 Å². The van der Waals surface area contributed by atoms with Gasteiger partial charge in [0.05, 0.1) is 0 Å². The predicted octanol–water partition coefficient (Wildman–Crippen LogP) is 12.1. The van der Waals surface area contributed by atoms with Crippen molar-refractivity contribution >= 4 is 43.9 Å². The summed E-state index contributed by atoms with van der Waals surface area (Å²) in [7, 11) is 0. The molecule has 1 aliphatic carbocycles. The van der Waals surface area contributed by atoms with Crippen LogP contribution in [0.1, 0.15) is 11.1 Å². The summed E-state index contributed by atoms with van der Waals surface area (Å²) in [6.07, 6.45) is 0.886. The van der Waals surface area contributed by atoms with Gasteiger partial charge in [-0.15, -0.1) is 0 Å². The van der Waals surface area contributed by atoms with E-state index < -0.39 is 0 Å². The van der Waals surface area contributed by atoms with Crippen molar-refractivity contribution in [2.24, 2.45) is 0 Å². The van der Waals surface area contributed by atoms with Gasteiger partial charge in [-0.05, 0) is 111 Å². The lowest BCUT2D eigenvalue weighted by atomic mass is 9.91. The van der Waals surface area contributed by atoms with Crippen LogP contribution in [0.4, 0.5) is 0 Å². The maximum absolute atomic E-state index is 6.11. The van der Waals surface area contributed by atoms with E-state index in [2.05, 4.69) is 121 Å². The van der Waals surface area contributed by atoms with E-state index in [1.54, 1.807) is 0 Å². The van der Waals surface area contributed by atoms with Crippen molar-refractivity contribution in [2.75, 3.05) is 0 Å². The molecule has 0 spiro atoms. The lowest BCUT2D eigenvalue weighted by Crippen LogP contribution is -1.92. The van der Waals surface area contributed by atoms with Crippen molar-refractivity contribution in [1.29, 1.82) is 0 Å². The van der Waals surface area contributed by atoms with Crippen molar-refractivity contribution in [3.63, 3.8) is 0 Å². The average molecular weight is 575 g/mol. The first-order chi connectivity index (χ1) is 22.3. The minimum absolute atomic E-state index is 0.886. The minimum Gasteiger partial charge on any atom is -0.456 e. The monoisotopic (exact) mass is 574 g/mol. The molecule has 2 nitrogen and oxygen atoms in total. The maximum Gasteiger partial charge on any atom is 0.135 e. The molecule has 0 fully saturated rings. The number of para-hydroxylation sites is 2. The van der Waals surface area contributed by atoms with Crippen LogP contribution in [-0.4, -0.2) is 0 Å². The third-order valence-corrected chi connectivity index (χ3v) is 9.53. The Morgan fingerprint density at radius 2 is 0.711 bits per heavy atom. The Morgan fingerprint density at radius 3 is 1.22 bits per heavy atom. The standard InChI is InChI=1S/C43H26O2/c1-2-8-33-32(7-1)36-22-26(28-17-19-42-38(24-28)34-9-3-5-11-40(34)44-42)13-15-30(36)21-31-16-14-27(23-37(31)33)29-18-20-43-39(25-29)35-10-4-6-12-41(35)45-43/h1-20,22-25H,21H2. The van der Waals surface area contributed by atoms with Gasteiger partial charge in [0, 0.05) is 21.5 Å². The fraction of sp³-hybridized carbons (Fsp3) is 0.0233. The molecule has 2 heteroatoms. The predicted molar refractivity (Wildman–Crippen MR) is 186 cm³/mol. The summed E-state index contributed by atoms with van der Waals surface area (Å²) in [5, 5.41) is 4.61. The SMILES string of the molecule is c1ccc2c(c1)-c1cc(-c3ccc4oc5ccccc5c4c3)ccc1Cc1ccc(-c3ccc4oc5ccccc5c4c3)cc1-2. The van der Waals surface area contributed by atoms with E-state index in [-0.39, 0.29) is 0 Å². The molecule has 0 bridgehead atoms. The second kappa shape index (κ2) is 9.32. The highest BCUT2D eigenvalue weighted by Crippen LogP contribution is 2.44. The van der Waals surface area contributed by atoms with Crippen molar-refractivity contribution in [2.45, 2.75) is 6.42 Å². The summed E-state index contributed by atoms with van der Waals surface area (Å²) in [5.41, 5.74) is 16.3. The lowest BCUT2D eigenvalue weighted by Gasteiger charge is -2.13. The molecule has 0 N–H and O–H groups in total. The first-order valence-electron chi connectivity index (χ1n) is 15.5. The smallest absolute Gasteiger partial charge is 0.135 e. The second-order valence-electron chi connectivity index (χ2n) is 12.1. The molecule has 0 radical (unpaired) electrons. The highest BCUT2D eigenvalue weighted by Gasteiger charge is 2.21. The Morgan fingerprint density at radius 1 is 0.311 bits per heavy atom. The molecule has 10 rings (SSSR count). The van der Waals surface area contributed by atoms with Crippen LogP contribution < -0.4 is 0 Å². The molecular weight excluding hydrogens is 548 g/mol. The molecule has 7 aromatic carbocycles. The molecule has 0 saturated heterocycles. The van der Waals surface area contributed by atoms with Gasteiger partial charge in [0.15, 0.2) is 0 Å². The number of furan rings is 2. The summed E-state index contributed by atoms with van der Waals surface area (Å²) in [5.74, 6) is 0. The normalized spacial score (nSPS) is 12.4. The van der Waals surface area contributed by atoms with Crippen LogP contribution in [-0.2, 0) is 6.42 Å². The number of hydrogen-bond acceptors (Lipinski definition) is 2. The Labute approximate surface area is 259 Å². The van der Waals surface area contributed by atoms with Crippen molar-refractivity contribution in [3.8, 4) is 44.5 Å². The Balaban J connectivity index is 1.10. The molecule has 0 saturated carbocycles. The van der Waals surface area contributed by atoms with E-state index in [1.165, 1.54) is 55.6 Å². The van der Waals surface area contributed by atoms with Gasteiger partial charge in [0.2, 0.25) is 0 Å². The first-order valence-corrected chi connectivity index (χ1v) is 15.5. The average Bonchev–Trinajstić information content (AvgIpc) is 3.62. The number of benzene rings is 7. The lowest BCUT2D eigenvalue weighted by molar-refractivity contribution is 0.668.